The fraction of sp³-hybridized carbons (Fsp3) is 1.00. The summed E-state index contributed by atoms with van der Waals surface area (Å²) in [5, 5.41) is 18.4. The first-order chi connectivity index (χ1) is 6.60. The summed E-state index contributed by atoms with van der Waals surface area (Å²) < 4.78 is 5.25. The van der Waals surface area contributed by atoms with Gasteiger partial charge in [-0.3, -0.25) is 0 Å². The third-order valence-electron chi connectivity index (χ3n) is 2.34. The molecule has 3 unspecified atom stereocenters. The van der Waals surface area contributed by atoms with Crippen molar-refractivity contribution in [3.63, 3.8) is 0 Å². The summed E-state index contributed by atoms with van der Waals surface area (Å²) in [6.07, 6.45) is 2.33. The molecular weight excluding hydrogens is 180 g/mol. The van der Waals surface area contributed by atoms with E-state index in [4.69, 9.17) is 9.84 Å². The number of aliphatic hydroxyl groups is 2. The van der Waals surface area contributed by atoms with Crippen LogP contribution in [0.2, 0.25) is 0 Å². The lowest BCUT2D eigenvalue weighted by atomic mass is 10.0. The van der Waals surface area contributed by atoms with Crippen LogP contribution in [0, 0.1) is 5.92 Å². The van der Waals surface area contributed by atoms with Crippen LogP contribution in [-0.4, -0.2) is 29.2 Å². The molecule has 0 saturated carbocycles. The Morgan fingerprint density at radius 3 is 2.29 bits per heavy atom. The molecule has 0 heterocycles. The molecule has 0 aromatic carbocycles. The average Bonchev–Trinajstić information content (AvgIpc) is 2.11. The number of rotatable bonds is 8. The maximum atomic E-state index is 9.35. The Bertz CT molecular complexity index is 126. The van der Waals surface area contributed by atoms with E-state index in [0.717, 1.165) is 19.3 Å². The highest BCUT2D eigenvalue weighted by molar-refractivity contribution is 4.56. The molecule has 2 N–H and O–H groups in total. The fourth-order valence-electron chi connectivity index (χ4n) is 1.42. The SMILES string of the molecule is CCCC(CC)COC(O)CC(C)O. The molecule has 0 aliphatic carbocycles. The number of ether oxygens (including phenoxy) is 1. The van der Waals surface area contributed by atoms with E-state index >= 15 is 0 Å². The third kappa shape index (κ3) is 7.30. The maximum Gasteiger partial charge on any atom is 0.156 e. The van der Waals surface area contributed by atoms with Gasteiger partial charge in [-0.05, 0) is 19.3 Å². The van der Waals surface area contributed by atoms with Crippen molar-refractivity contribution in [1.29, 1.82) is 0 Å². The van der Waals surface area contributed by atoms with Crippen LogP contribution in [0.25, 0.3) is 0 Å². The Morgan fingerprint density at radius 1 is 1.21 bits per heavy atom. The summed E-state index contributed by atoms with van der Waals surface area (Å²) >= 11 is 0. The summed E-state index contributed by atoms with van der Waals surface area (Å²) in [6, 6.07) is 0. The molecule has 0 spiro atoms. The van der Waals surface area contributed by atoms with E-state index in [-0.39, 0.29) is 0 Å². The van der Waals surface area contributed by atoms with E-state index in [1.54, 1.807) is 6.92 Å². The molecule has 0 bridgehead atoms. The van der Waals surface area contributed by atoms with Gasteiger partial charge in [0.25, 0.3) is 0 Å². The van der Waals surface area contributed by atoms with Crippen LogP contribution < -0.4 is 0 Å². The predicted octanol–water partition coefficient (Wildman–Crippen LogP) is 1.92. The Balaban J connectivity index is 3.56. The zero-order chi connectivity index (χ0) is 11.0. The number of hydrogen-bond acceptors (Lipinski definition) is 3. The van der Waals surface area contributed by atoms with E-state index < -0.39 is 12.4 Å². The van der Waals surface area contributed by atoms with E-state index in [9.17, 15) is 5.11 Å². The summed E-state index contributed by atoms with van der Waals surface area (Å²) in [5.74, 6) is 0.531. The molecule has 0 aliphatic heterocycles. The van der Waals surface area contributed by atoms with Crippen molar-refractivity contribution in [1.82, 2.24) is 0 Å². The number of hydrogen-bond donors (Lipinski definition) is 2. The monoisotopic (exact) mass is 204 g/mol. The minimum absolute atomic E-state index is 0.294. The van der Waals surface area contributed by atoms with Gasteiger partial charge in [0.1, 0.15) is 0 Å². The van der Waals surface area contributed by atoms with Crippen LogP contribution in [0.4, 0.5) is 0 Å². The van der Waals surface area contributed by atoms with Gasteiger partial charge in [0.2, 0.25) is 0 Å². The standard InChI is InChI=1S/C11H24O3/c1-4-6-10(5-2)8-14-11(13)7-9(3)12/h9-13H,4-8H2,1-3H3. The molecule has 0 saturated heterocycles. The van der Waals surface area contributed by atoms with Gasteiger partial charge in [-0.2, -0.15) is 0 Å². The summed E-state index contributed by atoms with van der Waals surface area (Å²) in [5.41, 5.74) is 0. The van der Waals surface area contributed by atoms with Crippen LogP contribution >= 0.6 is 0 Å². The molecule has 14 heavy (non-hydrogen) atoms. The van der Waals surface area contributed by atoms with Gasteiger partial charge in [-0.1, -0.05) is 26.7 Å². The normalized spacial score (nSPS) is 17.8. The van der Waals surface area contributed by atoms with E-state index in [1.807, 2.05) is 0 Å². The van der Waals surface area contributed by atoms with Crippen LogP contribution in [0.1, 0.15) is 46.5 Å². The molecule has 0 radical (unpaired) electrons. The molecule has 0 aromatic rings. The minimum Gasteiger partial charge on any atom is -0.393 e. The molecular formula is C11H24O3. The van der Waals surface area contributed by atoms with Gasteiger partial charge in [-0.15, -0.1) is 0 Å². The third-order valence-corrected chi connectivity index (χ3v) is 2.34. The summed E-state index contributed by atoms with van der Waals surface area (Å²) in [7, 11) is 0. The molecule has 0 aromatic heterocycles. The van der Waals surface area contributed by atoms with Crippen molar-refractivity contribution in [2.24, 2.45) is 5.92 Å². The molecule has 0 aliphatic rings. The highest BCUT2D eigenvalue weighted by Crippen LogP contribution is 2.12. The topological polar surface area (TPSA) is 49.7 Å². The van der Waals surface area contributed by atoms with Crippen molar-refractivity contribution in [3.05, 3.63) is 0 Å². The predicted molar refractivity (Wildman–Crippen MR) is 56.9 cm³/mol. The second-order valence-electron chi connectivity index (χ2n) is 3.94. The first kappa shape index (κ1) is 13.9. The van der Waals surface area contributed by atoms with Gasteiger partial charge in [-0.25, -0.2) is 0 Å². The second-order valence-corrected chi connectivity index (χ2v) is 3.94. The lowest BCUT2D eigenvalue weighted by molar-refractivity contribution is -0.127. The van der Waals surface area contributed by atoms with Crippen LogP contribution in [0.5, 0.6) is 0 Å². The van der Waals surface area contributed by atoms with Crippen molar-refractivity contribution in [3.8, 4) is 0 Å². The average molecular weight is 204 g/mol. The summed E-state index contributed by atoms with van der Waals surface area (Å²) in [6.45, 7) is 6.52. The quantitative estimate of drug-likeness (QED) is 0.594. The molecule has 0 rings (SSSR count). The lowest BCUT2D eigenvalue weighted by Crippen LogP contribution is -2.21. The molecule has 0 fully saturated rings. The largest absolute Gasteiger partial charge is 0.393 e. The Labute approximate surface area is 87.1 Å². The van der Waals surface area contributed by atoms with E-state index in [1.165, 1.54) is 0 Å². The van der Waals surface area contributed by atoms with Crippen LogP contribution in [0.15, 0.2) is 0 Å². The van der Waals surface area contributed by atoms with E-state index in [2.05, 4.69) is 13.8 Å². The van der Waals surface area contributed by atoms with Gasteiger partial charge in [0.05, 0.1) is 12.7 Å². The first-order valence-electron chi connectivity index (χ1n) is 5.57. The highest BCUT2D eigenvalue weighted by atomic mass is 16.6. The minimum atomic E-state index is -0.819. The smallest absolute Gasteiger partial charge is 0.156 e. The van der Waals surface area contributed by atoms with Crippen molar-refractivity contribution < 1.29 is 14.9 Å². The number of aliphatic hydroxyl groups excluding tert-OH is 2. The molecule has 86 valence electrons. The summed E-state index contributed by atoms with van der Waals surface area (Å²) in [4.78, 5) is 0. The highest BCUT2D eigenvalue weighted by Gasteiger charge is 2.11. The van der Waals surface area contributed by atoms with Gasteiger partial charge in [0, 0.05) is 6.42 Å². The zero-order valence-electron chi connectivity index (χ0n) is 9.57. The Hall–Kier alpha value is -0.120. The Kier molecular flexibility index (Phi) is 8.14. The molecule has 3 nitrogen and oxygen atoms in total. The first-order valence-corrected chi connectivity index (χ1v) is 5.57. The maximum absolute atomic E-state index is 9.35. The zero-order valence-corrected chi connectivity index (χ0v) is 9.57. The molecule has 0 amide bonds. The van der Waals surface area contributed by atoms with Crippen LogP contribution in [-0.2, 0) is 4.74 Å². The van der Waals surface area contributed by atoms with Crippen molar-refractivity contribution >= 4 is 0 Å². The van der Waals surface area contributed by atoms with Crippen LogP contribution in [0.3, 0.4) is 0 Å². The second kappa shape index (κ2) is 8.21. The fourth-order valence-corrected chi connectivity index (χ4v) is 1.42. The Morgan fingerprint density at radius 2 is 1.86 bits per heavy atom. The van der Waals surface area contributed by atoms with Crippen molar-refractivity contribution in [2.45, 2.75) is 58.8 Å². The van der Waals surface area contributed by atoms with E-state index in [0.29, 0.717) is 18.9 Å². The van der Waals surface area contributed by atoms with Gasteiger partial charge >= 0.3 is 0 Å². The van der Waals surface area contributed by atoms with Gasteiger partial charge < -0.3 is 14.9 Å². The van der Waals surface area contributed by atoms with Crippen molar-refractivity contribution in [2.75, 3.05) is 6.61 Å². The van der Waals surface area contributed by atoms with Gasteiger partial charge in [0.15, 0.2) is 6.29 Å². The lowest BCUT2D eigenvalue weighted by Gasteiger charge is -2.18. The molecule has 3 atom stereocenters. The molecule has 3 heteroatoms.